The minimum Gasteiger partial charge on any atom is -0.298 e. The molecule has 0 bridgehead atoms. The summed E-state index contributed by atoms with van der Waals surface area (Å²) >= 11 is 0. The number of aliphatic imine (C=N–C) groups is 1. The highest BCUT2D eigenvalue weighted by Crippen LogP contribution is 1.97. The molecule has 1 heterocycles. The van der Waals surface area contributed by atoms with Crippen LogP contribution in [-0.2, 0) is 0 Å². The Balaban J connectivity index is 0.000000360. The molecular formula is C5H10IN. The first-order chi connectivity index (χ1) is 3.00. The Hall–Kier alpha value is 0.400. The average Bonchev–Trinajstić information content (AvgIpc) is 1.72. The van der Waals surface area contributed by atoms with Gasteiger partial charge in [-0.3, -0.25) is 4.99 Å². The van der Waals surface area contributed by atoms with Crippen molar-refractivity contribution in [3.8, 4) is 0 Å². The summed E-state index contributed by atoms with van der Waals surface area (Å²) in [4.78, 5) is 4.05. The predicted molar refractivity (Wildman–Crippen MR) is 42.6 cm³/mol. The molecule has 1 aliphatic heterocycles. The van der Waals surface area contributed by atoms with E-state index in [-0.39, 0.29) is 24.0 Å². The van der Waals surface area contributed by atoms with Gasteiger partial charge in [0.2, 0.25) is 0 Å². The summed E-state index contributed by atoms with van der Waals surface area (Å²) in [5, 5.41) is 0. The summed E-state index contributed by atoms with van der Waals surface area (Å²) in [5.74, 6) is 0. The smallest absolute Gasteiger partial charge is 0.0385 e. The van der Waals surface area contributed by atoms with Crippen LogP contribution in [0.4, 0.5) is 0 Å². The highest BCUT2D eigenvalue weighted by molar-refractivity contribution is 14.0. The first-order valence-electron chi connectivity index (χ1n) is 2.48. The summed E-state index contributed by atoms with van der Waals surface area (Å²) < 4.78 is 0. The van der Waals surface area contributed by atoms with E-state index in [0.717, 1.165) is 6.54 Å². The molecule has 1 aliphatic rings. The fraction of sp³-hybridized carbons (Fsp3) is 0.800. The van der Waals surface area contributed by atoms with E-state index < -0.39 is 0 Å². The van der Waals surface area contributed by atoms with Gasteiger partial charge in [0.15, 0.2) is 0 Å². The number of halogens is 1. The molecular weight excluding hydrogens is 201 g/mol. The molecule has 7 heavy (non-hydrogen) atoms. The van der Waals surface area contributed by atoms with Gasteiger partial charge in [0.05, 0.1) is 0 Å². The third-order valence-electron chi connectivity index (χ3n) is 1.000. The van der Waals surface area contributed by atoms with Crippen molar-refractivity contribution in [3.63, 3.8) is 0 Å². The van der Waals surface area contributed by atoms with E-state index in [0.29, 0.717) is 0 Å². The van der Waals surface area contributed by atoms with Crippen LogP contribution in [0.3, 0.4) is 0 Å². The van der Waals surface area contributed by atoms with Gasteiger partial charge in [0.1, 0.15) is 0 Å². The SMILES string of the molecule is C1=NCCCC1.I. The van der Waals surface area contributed by atoms with E-state index in [1.165, 1.54) is 19.3 Å². The Morgan fingerprint density at radius 3 is 2.29 bits per heavy atom. The second-order valence-electron chi connectivity index (χ2n) is 1.58. The van der Waals surface area contributed by atoms with E-state index in [4.69, 9.17) is 0 Å². The monoisotopic (exact) mass is 211 g/mol. The van der Waals surface area contributed by atoms with Crippen LogP contribution in [0.25, 0.3) is 0 Å². The van der Waals surface area contributed by atoms with Crippen molar-refractivity contribution in [1.29, 1.82) is 0 Å². The van der Waals surface area contributed by atoms with Gasteiger partial charge >= 0.3 is 0 Å². The minimum atomic E-state index is 0. The van der Waals surface area contributed by atoms with E-state index in [2.05, 4.69) is 4.99 Å². The molecule has 0 aliphatic carbocycles. The number of rotatable bonds is 0. The van der Waals surface area contributed by atoms with Crippen LogP contribution in [0, 0.1) is 0 Å². The number of hydrogen-bond donors (Lipinski definition) is 0. The molecule has 0 spiro atoms. The molecule has 1 rings (SSSR count). The molecule has 0 unspecified atom stereocenters. The Bertz CT molecular complexity index is 53.1. The van der Waals surface area contributed by atoms with Crippen LogP contribution in [0.1, 0.15) is 19.3 Å². The first kappa shape index (κ1) is 7.40. The second kappa shape index (κ2) is 4.56. The van der Waals surface area contributed by atoms with Crippen molar-refractivity contribution < 1.29 is 0 Å². The van der Waals surface area contributed by atoms with Gasteiger partial charge in [-0.2, -0.15) is 0 Å². The van der Waals surface area contributed by atoms with Crippen molar-refractivity contribution in [2.45, 2.75) is 19.3 Å². The molecule has 0 saturated heterocycles. The lowest BCUT2D eigenvalue weighted by atomic mass is 10.2. The van der Waals surface area contributed by atoms with Crippen molar-refractivity contribution in [3.05, 3.63) is 0 Å². The van der Waals surface area contributed by atoms with Crippen LogP contribution < -0.4 is 0 Å². The highest BCUT2D eigenvalue weighted by atomic mass is 127. The normalized spacial score (nSPS) is 18.3. The van der Waals surface area contributed by atoms with Crippen LogP contribution in [0.15, 0.2) is 4.99 Å². The quantitative estimate of drug-likeness (QED) is 0.542. The molecule has 0 atom stereocenters. The Morgan fingerprint density at radius 1 is 1.29 bits per heavy atom. The van der Waals surface area contributed by atoms with E-state index in [1.807, 2.05) is 6.21 Å². The summed E-state index contributed by atoms with van der Waals surface area (Å²) in [7, 11) is 0. The zero-order valence-electron chi connectivity index (χ0n) is 4.26. The number of nitrogens with zero attached hydrogens (tertiary/aromatic N) is 1. The van der Waals surface area contributed by atoms with Crippen LogP contribution in [-0.4, -0.2) is 12.8 Å². The molecule has 0 aromatic rings. The molecule has 0 N–H and O–H groups in total. The highest BCUT2D eigenvalue weighted by Gasteiger charge is 1.88. The summed E-state index contributed by atoms with van der Waals surface area (Å²) in [6.45, 7) is 1.07. The van der Waals surface area contributed by atoms with Gasteiger partial charge < -0.3 is 0 Å². The molecule has 0 aromatic carbocycles. The third kappa shape index (κ3) is 3.02. The maximum atomic E-state index is 4.05. The van der Waals surface area contributed by atoms with Crippen LogP contribution in [0.2, 0.25) is 0 Å². The van der Waals surface area contributed by atoms with Crippen molar-refractivity contribution in [2.24, 2.45) is 4.99 Å². The zero-order chi connectivity index (χ0) is 4.24. The van der Waals surface area contributed by atoms with Gasteiger partial charge in [0.25, 0.3) is 0 Å². The van der Waals surface area contributed by atoms with Gasteiger partial charge in [0, 0.05) is 6.54 Å². The fourth-order valence-electron chi connectivity index (χ4n) is 0.621. The van der Waals surface area contributed by atoms with Crippen molar-refractivity contribution in [2.75, 3.05) is 6.54 Å². The van der Waals surface area contributed by atoms with E-state index in [1.54, 1.807) is 0 Å². The lowest BCUT2D eigenvalue weighted by Crippen LogP contribution is -1.89. The topological polar surface area (TPSA) is 12.4 Å². The molecule has 2 heteroatoms. The standard InChI is InChI=1S/C5H9N.HI/c1-2-4-6-5-3-1;/h4H,1-3,5H2;1H. The summed E-state index contributed by atoms with van der Waals surface area (Å²) in [6, 6.07) is 0. The molecule has 0 aromatic heterocycles. The zero-order valence-corrected chi connectivity index (χ0v) is 6.59. The van der Waals surface area contributed by atoms with Crippen LogP contribution in [0.5, 0.6) is 0 Å². The van der Waals surface area contributed by atoms with Gasteiger partial charge in [-0.25, -0.2) is 0 Å². The fourth-order valence-corrected chi connectivity index (χ4v) is 0.621. The van der Waals surface area contributed by atoms with Crippen molar-refractivity contribution >= 4 is 30.2 Å². The van der Waals surface area contributed by atoms with E-state index >= 15 is 0 Å². The van der Waals surface area contributed by atoms with Gasteiger partial charge in [-0.05, 0) is 25.5 Å². The lowest BCUT2D eigenvalue weighted by molar-refractivity contribution is 0.749. The summed E-state index contributed by atoms with van der Waals surface area (Å²) in [6.07, 6.45) is 5.88. The van der Waals surface area contributed by atoms with Crippen molar-refractivity contribution in [1.82, 2.24) is 0 Å². The second-order valence-corrected chi connectivity index (χ2v) is 1.58. The third-order valence-corrected chi connectivity index (χ3v) is 1.000. The lowest BCUT2D eigenvalue weighted by Gasteiger charge is -1.97. The van der Waals surface area contributed by atoms with E-state index in [9.17, 15) is 0 Å². The molecule has 42 valence electrons. The minimum absolute atomic E-state index is 0. The van der Waals surface area contributed by atoms with Gasteiger partial charge in [-0.15, -0.1) is 24.0 Å². The first-order valence-corrected chi connectivity index (χ1v) is 2.48. The Labute approximate surface area is 61.2 Å². The predicted octanol–water partition coefficient (Wildman–Crippen LogP) is 1.86. The molecule has 0 fully saturated rings. The molecule has 1 nitrogen and oxygen atoms in total. The van der Waals surface area contributed by atoms with Crippen LogP contribution >= 0.6 is 24.0 Å². The summed E-state index contributed by atoms with van der Waals surface area (Å²) in [5.41, 5.74) is 0. The Morgan fingerprint density at radius 2 is 2.14 bits per heavy atom. The average molecular weight is 211 g/mol. The van der Waals surface area contributed by atoms with Gasteiger partial charge in [-0.1, -0.05) is 0 Å². The Kier molecular flexibility index (Phi) is 4.82. The molecule has 0 saturated carbocycles. The maximum absolute atomic E-state index is 4.05. The maximum Gasteiger partial charge on any atom is 0.0385 e. The molecule has 0 radical (unpaired) electrons. The largest absolute Gasteiger partial charge is 0.298 e. The number of hydrogen-bond acceptors (Lipinski definition) is 1. The molecule has 0 amide bonds.